The Morgan fingerprint density at radius 3 is 2.59 bits per heavy atom. The van der Waals surface area contributed by atoms with Gasteiger partial charge < -0.3 is 19.5 Å². The minimum atomic E-state index is -0.0750. The third-order valence-electron chi connectivity index (χ3n) is 4.47. The predicted octanol–water partition coefficient (Wildman–Crippen LogP) is 2.51. The van der Waals surface area contributed by atoms with E-state index in [9.17, 15) is 4.79 Å². The van der Waals surface area contributed by atoms with Crippen molar-refractivity contribution in [3.63, 3.8) is 0 Å². The van der Waals surface area contributed by atoms with Crippen LogP contribution in [0.4, 0.5) is 0 Å². The van der Waals surface area contributed by atoms with E-state index < -0.39 is 0 Å². The molecule has 3 rings (SSSR count). The Labute approximate surface area is 159 Å². The van der Waals surface area contributed by atoms with Gasteiger partial charge in [-0.1, -0.05) is 30.3 Å². The maximum atomic E-state index is 12.0. The molecule has 0 unspecified atom stereocenters. The first-order valence-corrected chi connectivity index (χ1v) is 9.16. The summed E-state index contributed by atoms with van der Waals surface area (Å²) in [6, 6.07) is 9.98. The number of hydrogen-bond acceptors (Lipinski definition) is 6. The predicted molar refractivity (Wildman–Crippen MR) is 99.5 cm³/mol. The number of ether oxygens (including phenoxy) is 3. The number of benzene rings is 1. The molecular formula is C20H25N3O4. The molecule has 1 heterocycles. The van der Waals surface area contributed by atoms with Crippen molar-refractivity contribution in [2.45, 2.75) is 44.4 Å². The fourth-order valence-corrected chi connectivity index (χ4v) is 3.09. The van der Waals surface area contributed by atoms with Crippen LogP contribution in [-0.2, 0) is 16.1 Å². The van der Waals surface area contributed by atoms with Crippen molar-refractivity contribution in [1.82, 2.24) is 15.3 Å². The third-order valence-corrected chi connectivity index (χ3v) is 4.47. The average Bonchev–Trinajstić information content (AvgIpc) is 2.70. The van der Waals surface area contributed by atoms with E-state index in [2.05, 4.69) is 15.3 Å². The highest BCUT2D eigenvalue weighted by Gasteiger charge is 2.24. The summed E-state index contributed by atoms with van der Waals surface area (Å²) in [6.07, 6.45) is 6.65. The molecule has 0 radical (unpaired) electrons. The first-order chi connectivity index (χ1) is 13.2. The van der Waals surface area contributed by atoms with Gasteiger partial charge in [-0.2, -0.15) is 4.98 Å². The lowest BCUT2D eigenvalue weighted by Gasteiger charge is -2.29. The van der Waals surface area contributed by atoms with Crippen LogP contribution >= 0.6 is 0 Å². The van der Waals surface area contributed by atoms with E-state index in [4.69, 9.17) is 14.2 Å². The number of amides is 1. The quantitative estimate of drug-likeness (QED) is 0.768. The molecule has 1 aromatic carbocycles. The van der Waals surface area contributed by atoms with Crippen LogP contribution in [0.3, 0.4) is 0 Å². The Hall–Kier alpha value is -2.67. The van der Waals surface area contributed by atoms with Crippen molar-refractivity contribution >= 4 is 5.91 Å². The molecule has 0 aliphatic heterocycles. The van der Waals surface area contributed by atoms with E-state index in [1.165, 1.54) is 0 Å². The maximum Gasteiger partial charge on any atom is 0.246 e. The molecule has 2 aromatic rings. The number of carbonyl (C=O) groups excluding carboxylic acids is 1. The first-order valence-electron chi connectivity index (χ1n) is 9.16. The number of methoxy groups -OCH3 is 1. The summed E-state index contributed by atoms with van der Waals surface area (Å²) in [7, 11) is 1.55. The molecular weight excluding hydrogens is 346 g/mol. The summed E-state index contributed by atoms with van der Waals surface area (Å²) in [5, 5.41) is 3.04. The van der Waals surface area contributed by atoms with Crippen LogP contribution in [0.5, 0.6) is 11.8 Å². The SMILES string of the molecule is COc1cncc(OC2CCC(NC(=O)COCc3ccccc3)CC2)n1. The monoisotopic (exact) mass is 371 g/mol. The van der Waals surface area contributed by atoms with E-state index in [0.717, 1.165) is 31.2 Å². The molecule has 0 bridgehead atoms. The molecule has 1 N–H and O–H groups in total. The summed E-state index contributed by atoms with van der Waals surface area (Å²) in [5.74, 6) is 0.828. The van der Waals surface area contributed by atoms with Crippen molar-refractivity contribution in [2.24, 2.45) is 0 Å². The van der Waals surface area contributed by atoms with Gasteiger partial charge in [-0.3, -0.25) is 9.78 Å². The van der Waals surface area contributed by atoms with E-state index in [0.29, 0.717) is 18.4 Å². The van der Waals surface area contributed by atoms with Gasteiger partial charge in [0.15, 0.2) is 0 Å². The number of aromatic nitrogens is 2. The zero-order chi connectivity index (χ0) is 18.9. The average molecular weight is 371 g/mol. The van der Waals surface area contributed by atoms with Crippen molar-refractivity contribution in [3.05, 3.63) is 48.3 Å². The second-order valence-corrected chi connectivity index (χ2v) is 6.54. The fraction of sp³-hybridized carbons (Fsp3) is 0.450. The van der Waals surface area contributed by atoms with Gasteiger partial charge in [0.05, 0.1) is 26.1 Å². The van der Waals surface area contributed by atoms with Gasteiger partial charge in [-0.05, 0) is 31.2 Å². The normalized spacial score (nSPS) is 19.3. The lowest BCUT2D eigenvalue weighted by Crippen LogP contribution is -2.41. The minimum Gasteiger partial charge on any atom is -0.480 e. The van der Waals surface area contributed by atoms with Crippen molar-refractivity contribution in [2.75, 3.05) is 13.7 Å². The summed E-state index contributed by atoms with van der Waals surface area (Å²) < 4.78 is 16.4. The highest BCUT2D eigenvalue weighted by molar-refractivity contribution is 5.77. The molecule has 1 aliphatic rings. The highest BCUT2D eigenvalue weighted by atomic mass is 16.5. The molecule has 144 valence electrons. The Balaban J connectivity index is 1.34. The molecule has 27 heavy (non-hydrogen) atoms. The summed E-state index contributed by atoms with van der Waals surface area (Å²) in [6.45, 7) is 0.515. The molecule has 7 heteroatoms. The molecule has 1 amide bonds. The summed E-state index contributed by atoms with van der Waals surface area (Å²) in [5.41, 5.74) is 1.06. The Kier molecular flexibility index (Phi) is 6.98. The molecule has 7 nitrogen and oxygen atoms in total. The second kappa shape index (κ2) is 9.87. The molecule has 1 aliphatic carbocycles. The van der Waals surface area contributed by atoms with Crippen LogP contribution < -0.4 is 14.8 Å². The molecule has 1 aromatic heterocycles. The van der Waals surface area contributed by atoms with E-state index >= 15 is 0 Å². The Morgan fingerprint density at radius 1 is 1.11 bits per heavy atom. The second-order valence-electron chi connectivity index (χ2n) is 6.54. The van der Waals surface area contributed by atoms with Gasteiger partial charge in [-0.25, -0.2) is 0 Å². The topological polar surface area (TPSA) is 82.6 Å². The van der Waals surface area contributed by atoms with Crippen molar-refractivity contribution in [1.29, 1.82) is 0 Å². The highest BCUT2D eigenvalue weighted by Crippen LogP contribution is 2.23. The van der Waals surface area contributed by atoms with E-state index in [-0.39, 0.29) is 24.7 Å². The molecule has 0 atom stereocenters. The lowest BCUT2D eigenvalue weighted by atomic mass is 9.93. The van der Waals surface area contributed by atoms with Gasteiger partial charge in [-0.15, -0.1) is 0 Å². The van der Waals surface area contributed by atoms with Gasteiger partial charge in [0, 0.05) is 6.04 Å². The van der Waals surface area contributed by atoms with E-state index in [1.54, 1.807) is 19.5 Å². The number of nitrogens with zero attached hydrogens (tertiary/aromatic N) is 2. The van der Waals surface area contributed by atoms with Crippen LogP contribution in [0.2, 0.25) is 0 Å². The molecule has 1 saturated carbocycles. The standard InChI is InChI=1S/C20H25N3O4/c1-25-19-11-21-12-20(23-19)27-17-9-7-16(8-10-17)22-18(24)14-26-13-15-5-3-2-4-6-15/h2-6,11-12,16-17H,7-10,13-14H2,1H3,(H,22,24). The van der Waals surface area contributed by atoms with Crippen LogP contribution in [0.25, 0.3) is 0 Å². The largest absolute Gasteiger partial charge is 0.480 e. The number of rotatable bonds is 8. The smallest absolute Gasteiger partial charge is 0.246 e. The first kappa shape index (κ1) is 19.1. The van der Waals surface area contributed by atoms with Crippen LogP contribution in [0, 0.1) is 0 Å². The van der Waals surface area contributed by atoms with Gasteiger partial charge in [0.1, 0.15) is 12.7 Å². The van der Waals surface area contributed by atoms with Crippen LogP contribution in [0.1, 0.15) is 31.2 Å². The maximum absolute atomic E-state index is 12.0. The third kappa shape index (κ3) is 6.21. The zero-order valence-electron chi connectivity index (χ0n) is 15.5. The number of hydrogen-bond donors (Lipinski definition) is 1. The number of carbonyl (C=O) groups is 1. The summed E-state index contributed by atoms with van der Waals surface area (Å²) in [4.78, 5) is 20.3. The van der Waals surface area contributed by atoms with Crippen molar-refractivity contribution in [3.8, 4) is 11.8 Å². The summed E-state index contributed by atoms with van der Waals surface area (Å²) >= 11 is 0. The van der Waals surface area contributed by atoms with Crippen LogP contribution in [0.15, 0.2) is 42.7 Å². The van der Waals surface area contributed by atoms with Gasteiger partial charge >= 0.3 is 0 Å². The zero-order valence-corrected chi connectivity index (χ0v) is 15.5. The van der Waals surface area contributed by atoms with E-state index in [1.807, 2.05) is 30.3 Å². The Bertz CT molecular complexity index is 718. The molecule has 0 spiro atoms. The van der Waals surface area contributed by atoms with Crippen molar-refractivity contribution < 1.29 is 19.0 Å². The molecule has 1 fully saturated rings. The molecule has 0 saturated heterocycles. The minimum absolute atomic E-state index is 0.0741. The number of nitrogens with one attached hydrogen (secondary N) is 1. The van der Waals surface area contributed by atoms with Gasteiger partial charge in [0.2, 0.25) is 17.7 Å². The van der Waals surface area contributed by atoms with Gasteiger partial charge in [0.25, 0.3) is 0 Å². The lowest BCUT2D eigenvalue weighted by molar-refractivity contribution is -0.127. The van der Waals surface area contributed by atoms with Crippen LogP contribution in [-0.4, -0.2) is 41.7 Å². The Morgan fingerprint density at radius 2 is 1.85 bits per heavy atom. The fourth-order valence-electron chi connectivity index (χ4n) is 3.09.